The first-order valence-corrected chi connectivity index (χ1v) is 10.5. The summed E-state index contributed by atoms with van der Waals surface area (Å²) in [6.45, 7) is 6.25. The fraction of sp³-hybridized carbons (Fsp3) is 0.391. The molecule has 0 spiro atoms. The van der Waals surface area contributed by atoms with Gasteiger partial charge >= 0.3 is 5.97 Å². The average molecular weight is 412 g/mol. The van der Waals surface area contributed by atoms with E-state index in [4.69, 9.17) is 17.0 Å². The van der Waals surface area contributed by atoms with Crippen LogP contribution < -0.4 is 15.5 Å². The van der Waals surface area contributed by atoms with Crippen LogP contribution in [0.25, 0.3) is 0 Å². The maximum Gasteiger partial charge on any atom is 0.338 e. The molecular formula is C23H29N3O2S. The Morgan fingerprint density at radius 1 is 1.10 bits per heavy atom. The molecule has 0 saturated carbocycles. The van der Waals surface area contributed by atoms with Gasteiger partial charge in [-0.3, -0.25) is 0 Å². The number of hydrogen-bond donors (Lipinski definition) is 2. The van der Waals surface area contributed by atoms with Gasteiger partial charge in [-0.05, 0) is 80.7 Å². The van der Waals surface area contributed by atoms with Crippen LogP contribution in [0.1, 0.15) is 53.7 Å². The molecule has 0 aliphatic carbocycles. The first kappa shape index (κ1) is 21.1. The fourth-order valence-corrected chi connectivity index (χ4v) is 3.95. The third kappa shape index (κ3) is 5.26. The molecule has 2 aromatic rings. The Morgan fingerprint density at radius 2 is 1.79 bits per heavy atom. The smallest absolute Gasteiger partial charge is 0.338 e. The number of piperidine rings is 1. The zero-order chi connectivity index (χ0) is 20.8. The third-order valence-electron chi connectivity index (χ3n) is 5.45. The minimum absolute atomic E-state index is 0.0644. The zero-order valence-corrected chi connectivity index (χ0v) is 18.1. The van der Waals surface area contributed by atoms with Gasteiger partial charge in [-0.15, -0.1) is 0 Å². The van der Waals surface area contributed by atoms with E-state index in [1.165, 1.54) is 37.6 Å². The van der Waals surface area contributed by atoms with Crippen LogP contribution >= 0.6 is 12.2 Å². The van der Waals surface area contributed by atoms with Crippen LogP contribution in [0.2, 0.25) is 0 Å². The van der Waals surface area contributed by atoms with Gasteiger partial charge < -0.3 is 20.3 Å². The predicted molar refractivity (Wildman–Crippen MR) is 123 cm³/mol. The monoisotopic (exact) mass is 411 g/mol. The molecule has 5 nitrogen and oxygen atoms in total. The topological polar surface area (TPSA) is 53.6 Å². The number of anilines is 2. The largest absolute Gasteiger partial charge is 0.465 e. The van der Waals surface area contributed by atoms with Gasteiger partial charge in [0.2, 0.25) is 0 Å². The maximum absolute atomic E-state index is 11.9. The SMILES string of the molecule is COC(=O)c1cccc(NC(=S)NC(C)c2ccc(N3CCCCC3)cc2)c1C. The van der Waals surface area contributed by atoms with Gasteiger partial charge in [0.15, 0.2) is 5.11 Å². The summed E-state index contributed by atoms with van der Waals surface area (Å²) in [6.07, 6.45) is 3.88. The molecule has 1 aliphatic heterocycles. The first-order valence-electron chi connectivity index (χ1n) is 10.1. The van der Waals surface area contributed by atoms with Crippen LogP contribution in [0.15, 0.2) is 42.5 Å². The van der Waals surface area contributed by atoms with E-state index >= 15 is 0 Å². The lowest BCUT2D eigenvalue weighted by atomic mass is 10.1. The van der Waals surface area contributed by atoms with E-state index in [2.05, 4.69) is 46.7 Å². The molecule has 1 heterocycles. The summed E-state index contributed by atoms with van der Waals surface area (Å²) >= 11 is 5.49. The average Bonchev–Trinajstić information content (AvgIpc) is 2.75. The lowest BCUT2D eigenvalue weighted by Crippen LogP contribution is -2.31. The van der Waals surface area contributed by atoms with Crippen molar-refractivity contribution < 1.29 is 9.53 Å². The number of ether oxygens (including phenoxy) is 1. The highest BCUT2D eigenvalue weighted by Gasteiger charge is 2.14. The second-order valence-corrected chi connectivity index (χ2v) is 7.84. The van der Waals surface area contributed by atoms with E-state index in [-0.39, 0.29) is 12.0 Å². The Morgan fingerprint density at radius 3 is 2.45 bits per heavy atom. The minimum atomic E-state index is -0.354. The highest BCUT2D eigenvalue weighted by atomic mass is 32.1. The summed E-state index contributed by atoms with van der Waals surface area (Å²) in [5.41, 5.74) is 4.59. The Bertz CT molecular complexity index is 861. The van der Waals surface area contributed by atoms with Crippen molar-refractivity contribution in [1.29, 1.82) is 0 Å². The van der Waals surface area contributed by atoms with Crippen molar-refractivity contribution in [1.82, 2.24) is 5.32 Å². The maximum atomic E-state index is 11.9. The normalized spacial score (nSPS) is 14.8. The predicted octanol–water partition coefficient (Wildman–Crippen LogP) is 4.82. The quantitative estimate of drug-likeness (QED) is 0.543. The Balaban J connectivity index is 1.61. The summed E-state index contributed by atoms with van der Waals surface area (Å²) < 4.78 is 4.83. The van der Waals surface area contributed by atoms with Gasteiger partial charge in [0.05, 0.1) is 18.7 Å². The Hall–Kier alpha value is -2.60. The summed E-state index contributed by atoms with van der Waals surface area (Å²) in [5.74, 6) is -0.354. The van der Waals surface area contributed by atoms with Crippen molar-refractivity contribution in [3.8, 4) is 0 Å². The molecule has 0 aromatic heterocycles. The number of rotatable bonds is 5. The minimum Gasteiger partial charge on any atom is -0.465 e. The second kappa shape index (κ2) is 9.74. The number of thiocarbonyl (C=S) groups is 1. The standard InChI is InChI=1S/C23H29N3O2S/c1-16-20(22(27)28-3)8-7-9-21(16)25-23(29)24-17(2)18-10-12-19(13-11-18)26-14-5-4-6-15-26/h7-13,17H,4-6,14-15H2,1-3H3,(H2,24,25,29). The molecule has 1 unspecified atom stereocenters. The molecule has 2 aromatic carbocycles. The van der Waals surface area contributed by atoms with E-state index in [1.54, 1.807) is 6.07 Å². The summed E-state index contributed by atoms with van der Waals surface area (Å²) in [5, 5.41) is 7.04. The van der Waals surface area contributed by atoms with Crippen LogP contribution in [0.5, 0.6) is 0 Å². The molecule has 154 valence electrons. The van der Waals surface area contributed by atoms with Crippen molar-refractivity contribution in [2.24, 2.45) is 0 Å². The van der Waals surface area contributed by atoms with Gasteiger partial charge in [0, 0.05) is 24.5 Å². The van der Waals surface area contributed by atoms with Crippen molar-refractivity contribution in [3.63, 3.8) is 0 Å². The van der Waals surface area contributed by atoms with E-state index in [0.717, 1.165) is 24.3 Å². The zero-order valence-electron chi connectivity index (χ0n) is 17.3. The highest BCUT2D eigenvalue weighted by Crippen LogP contribution is 2.23. The lowest BCUT2D eigenvalue weighted by molar-refractivity contribution is 0.0600. The Labute approximate surface area is 178 Å². The van der Waals surface area contributed by atoms with Crippen LogP contribution in [-0.4, -0.2) is 31.3 Å². The van der Waals surface area contributed by atoms with E-state index in [0.29, 0.717) is 10.7 Å². The molecule has 1 fully saturated rings. The highest BCUT2D eigenvalue weighted by molar-refractivity contribution is 7.80. The molecule has 1 saturated heterocycles. The molecule has 6 heteroatoms. The van der Waals surface area contributed by atoms with Gasteiger partial charge in [-0.2, -0.15) is 0 Å². The number of nitrogens with one attached hydrogen (secondary N) is 2. The number of nitrogens with zero attached hydrogens (tertiary/aromatic N) is 1. The number of benzene rings is 2. The number of carbonyl (C=O) groups excluding carboxylic acids is 1. The lowest BCUT2D eigenvalue weighted by Gasteiger charge is -2.29. The van der Waals surface area contributed by atoms with E-state index in [1.807, 2.05) is 19.1 Å². The van der Waals surface area contributed by atoms with Crippen molar-refractivity contribution >= 4 is 34.7 Å². The fourth-order valence-electron chi connectivity index (χ4n) is 3.67. The third-order valence-corrected chi connectivity index (χ3v) is 5.67. The van der Waals surface area contributed by atoms with Crippen LogP contribution in [0.3, 0.4) is 0 Å². The van der Waals surface area contributed by atoms with Crippen LogP contribution in [0, 0.1) is 6.92 Å². The molecule has 3 rings (SSSR count). The van der Waals surface area contributed by atoms with Crippen LogP contribution in [-0.2, 0) is 4.74 Å². The molecule has 1 atom stereocenters. The van der Waals surface area contributed by atoms with Crippen molar-refractivity contribution in [3.05, 3.63) is 59.2 Å². The Kier molecular flexibility index (Phi) is 7.09. The molecular weight excluding hydrogens is 382 g/mol. The van der Waals surface area contributed by atoms with Gasteiger partial charge in [-0.25, -0.2) is 4.79 Å². The molecule has 0 amide bonds. The number of carbonyl (C=O) groups is 1. The van der Waals surface area contributed by atoms with Crippen LogP contribution in [0.4, 0.5) is 11.4 Å². The second-order valence-electron chi connectivity index (χ2n) is 7.43. The summed E-state index contributed by atoms with van der Waals surface area (Å²) in [7, 11) is 1.38. The van der Waals surface area contributed by atoms with E-state index in [9.17, 15) is 4.79 Å². The molecule has 1 aliphatic rings. The molecule has 0 bridgehead atoms. The summed E-state index contributed by atoms with van der Waals surface area (Å²) in [4.78, 5) is 14.3. The van der Waals surface area contributed by atoms with Gasteiger partial charge in [0.1, 0.15) is 0 Å². The number of esters is 1. The molecule has 0 radical (unpaired) electrons. The number of hydrogen-bond acceptors (Lipinski definition) is 4. The van der Waals surface area contributed by atoms with Crippen molar-refractivity contribution in [2.75, 3.05) is 30.4 Å². The van der Waals surface area contributed by atoms with E-state index < -0.39 is 0 Å². The molecule has 2 N–H and O–H groups in total. The number of methoxy groups -OCH3 is 1. The van der Waals surface area contributed by atoms with Gasteiger partial charge in [0.25, 0.3) is 0 Å². The van der Waals surface area contributed by atoms with Crippen molar-refractivity contribution in [2.45, 2.75) is 39.2 Å². The molecule has 29 heavy (non-hydrogen) atoms. The van der Waals surface area contributed by atoms with Gasteiger partial charge in [-0.1, -0.05) is 18.2 Å². The first-order chi connectivity index (χ1) is 14.0. The summed E-state index contributed by atoms with van der Waals surface area (Å²) in [6, 6.07) is 14.2.